The van der Waals surface area contributed by atoms with Crippen LogP contribution in [0.3, 0.4) is 0 Å². The molecule has 2 aromatic carbocycles. The number of nitrogens with one attached hydrogen (secondary N) is 1. The van der Waals surface area contributed by atoms with Crippen molar-refractivity contribution in [1.82, 2.24) is 14.8 Å². The molecular formula is C20H16N4O3S. The molecule has 7 nitrogen and oxygen atoms in total. The van der Waals surface area contributed by atoms with Gasteiger partial charge in [0.1, 0.15) is 5.01 Å². The third kappa shape index (κ3) is 3.45. The second-order valence-corrected chi connectivity index (χ2v) is 7.15. The van der Waals surface area contributed by atoms with Gasteiger partial charge in [0.15, 0.2) is 11.8 Å². The van der Waals surface area contributed by atoms with E-state index in [0.29, 0.717) is 16.4 Å². The minimum absolute atomic E-state index is 0.0905. The number of benzene rings is 2. The summed E-state index contributed by atoms with van der Waals surface area (Å²) in [5, 5.41) is 31.6. The molecule has 0 aliphatic rings. The lowest BCUT2D eigenvalue weighted by molar-refractivity contribution is 0.102. The molecule has 0 saturated carbocycles. The number of aromatic nitrogens is 3. The van der Waals surface area contributed by atoms with Gasteiger partial charge in [0.25, 0.3) is 5.91 Å². The van der Waals surface area contributed by atoms with Gasteiger partial charge in [-0.25, -0.2) is 0 Å². The molecule has 0 saturated heterocycles. The summed E-state index contributed by atoms with van der Waals surface area (Å²) in [7, 11) is 0. The van der Waals surface area contributed by atoms with E-state index in [9.17, 15) is 15.0 Å². The first-order valence-corrected chi connectivity index (χ1v) is 9.25. The van der Waals surface area contributed by atoms with Gasteiger partial charge in [-0.15, -0.1) is 10.2 Å². The molecule has 0 spiro atoms. The zero-order chi connectivity index (χ0) is 19.7. The summed E-state index contributed by atoms with van der Waals surface area (Å²) >= 11 is 1.30. The van der Waals surface area contributed by atoms with Crippen LogP contribution in [0.5, 0.6) is 11.8 Å². The van der Waals surface area contributed by atoms with Crippen LogP contribution in [0.4, 0.5) is 5.13 Å². The van der Waals surface area contributed by atoms with Gasteiger partial charge in [-0.3, -0.25) is 14.7 Å². The molecule has 0 unspecified atom stereocenters. The van der Waals surface area contributed by atoms with E-state index >= 15 is 0 Å². The van der Waals surface area contributed by atoms with Crippen molar-refractivity contribution in [3.8, 4) is 28.0 Å². The molecule has 2 aromatic heterocycles. The van der Waals surface area contributed by atoms with Gasteiger partial charge in [0, 0.05) is 23.3 Å². The molecule has 0 atom stereocenters. The predicted octanol–water partition coefficient (Wildman–Crippen LogP) is 3.97. The Bertz CT molecular complexity index is 1130. The van der Waals surface area contributed by atoms with Crippen LogP contribution in [0, 0.1) is 6.92 Å². The quantitative estimate of drug-likeness (QED) is 0.488. The molecule has 0 aliphatic carbocycles. The maximum absolute atomic E-state index is 12.5. The second kappa shape index (κ2) is 7.16. The van der Waals surface area contributed by atoms with Crippen molar-refractivity contribution in [2.24, 2.45) is 0 Å². The van der Waals surface area contributed by atoms with E-state index in [1.165, 1.54) is 28.0 Å². The van der Waals surface area contributed by atoms with Crippen LogP contribution in [0.2, 0.25) is 0 Å². The average molecular weight is 392 g/mol. The number of rotatable bonds is 4. The molecular weight excluding hydrogens is 376 g/mol. The summed E-state index contributed by atoms with van der Waals surface area (Å²) in [5.41, 5.74) is 3.03. The highest BCUT2D eigenvalue weighted by atomic mass is 32.1. The van der Waals surface area contributed by atoms with Gasteiger partial charge in [-0.05, 0) is 37.3 Å². The van der Waals surface area contributed by atoms with Gasteiger partial charge in [0.05, 0.1) is 5.69 Å². The maximum atomic E-state index is 12.5. The molecule has 1 amide bonds. The highest BCUT2D eigenvalue weighted by molar-refractivity contribution is 7.18. The van der Waals surface area contributed by atoms with Crippen LogP contribution >= 0.6 is 11.3 Å². The van der Waals surface area contributed by atoms with E-state index in [4.69, 9.17) is 0 Å². The largest absolute Gasteiger partial charge is 0.494 e. The normalized spacial score (nSPS) is 10.8. The standard InChI is InChI=1S/C20H16N4O3S/c1-12-3-2-4-14(11-12)19-22-23-20(28-19)21-18(27)13-5-7-15(8-6-13)24-16(25)9-10-17(24)26/h2-11,25-26H,1H3,(H,21,23,27). The van der Waals surface area contributed by atoms with Gasteiger partial charge in [-0.2, -0.15) is 0 Å². The lowest BCUT2D eigenvalue weighted by Gasteiger charge is -2.07. The first-order valence-electron chi connectivity index (χ1n) is 8.43. The third-order valence-corrected chi connectivity index (χ3v) is 5.03. The van der Waals surface area contributed by atoms with E-state index in [1.54, 1.807) is 24.3 Å². The lowest BCUT2D eigenvalue weighted by Crippen LogP contribution is -2.11. The fourth-order valence-electron chi connectivity index (χ4n) is 2.78. The molecule has 4 rings (SSSR count). The van der Waals surface area contributed by atoms with Crippen molar-refractivity contribution in [2.75, 3.05) is 5.32 Å². The van der Waals surface area contributed by atoms with Crippen LogP contribution in [0.25, 0.3) is 16.3 Å². The Morgan fingerprint density at radius 1 is 1.00 bits per heavy atom. The van der Waals surface area contributed by atoms with Gasteiger partial charge >= 0.3 is 0 Å². The number of nitrogens with zero attached hydrogens (tertiary/aromatic N) is 3. The minimum Gasteiger partial charge on any atom is -0.494 e. The Balaban J connectivity index is 1.50. The smallest absolute Gasteiger partial charge is 0.257 e. The van der Waals surface area contributed by atoms with Gasteiger partial charge < -0.3 is 10.2 Å². The van der Waals surface area contributed by atoms with Gasteiger partial charge in [0.2, 0.25) is 5.13 Å². The van der Waals surface area contributed by atoms with Gasteiger partial charge in [-0.1, -0.05) is 35.1 Å². The second-order valence-electron chi connectivity index (χ2n) is 6.17. The van der Waals surface area contributed by atoms with Crippen LogP contribution < -0.4 is 5.32 Å². The highest BCUT2D eigenvalue weighted by Crippen LogP contribution is 2.28. The first-order chi connectivity index (χ1) is 13.5. The summed E-state index contributed by atoms with van der Waals surface area (Å²) in [5.74, 6) is -0.501. The van der Waals surface area contributed by atoms with Crippen LogP contribution in [0.1, 0.15) is 15.9 Å². The zero-order valence-corrected chi connectivity index (χ0v) is 15.6. The van der Waals surface area contributed by atoms with Crippen molar-refractivity contribution >= 4 is 22.4 Å². The predicted molar refractivity (Wildman–Crippen MR) is 107 cm³/mol. The molecule has 0 aliphatic heterocycles. The monoisotopic (exact) mass is 392 g/mol. The first kappa shape index (κ1) is 17.7. The molecule has 0 bridgehead atoms. The maximum Gasteiger partial charge on any atom is 0.257 e. The number of aromatic hydroxyl groups is 2. The lowest BCUT2D eigenvalue weighted by atomic mass is 10.1. The summed E-state index contributed by atoms with van der Waals surface area (Å²) in [6.45, 7) is 2.00. The highest BCUT2D eigenvalue weighted by Gasteiger charge is 2.13. The number of carbonyl (C=O) groups is 1. The molecule has 4 aromatic rings. The zero-order valence-electron chi connectivity index (χ0n) is 14.8. The van der Waals surface area contributed by atoms with Crippen molar-refractivity contribution in [3.05, 3.63) is 71.8 Å². The molecule has 8 heteroatoms. The van der Waals surface area contributed by atoms with Crippen molar-refractivity contribution < 1.29 is 15.0 Å². The average Bonchev–Trinajstić information content (AvgIpc) is 3.28. The van der Waals surface area contributed by atoms with E-state index in [-0.39, 0.29) is 17.7 Å². The Labute approximate surface area is 164 Å². The SMILES string of the molecule is Cc1cccc(-c2nnc(NC(=O)c3ccc(-n4c(O)ccc4O)cc3)s2)c1. The van der Waals surface area contributed by atoms with Crippen molar-refractivity contribution in [3.63, 3.8) is 0 Å². The van der Waals surface area contributed by atoms with Crippen LogP contribution in [-0.4, -0.2) is 30.9 Å². The number of hydrogen-bond donors (Lipinski definition) is 3. The Morgan fingerprint density at radius 2 is 1.71 bits per heavy atom. The molecule has 28 heavy (non-hydrogen) atoms. The third-order valence-electron chi connectivity index (χ3n) is 4.14. The topological polar surface area (TPSA) is 100 Å². The molecule has 2 heterocycles. The van der Waals surface area contributed by atoms with Crippen LogP contribution in [0.15, 0.2) is 60.7 Å². The summed E-state index contributed by atoms with van der Waals surface area (Å²) in [6, 6.07) is 17.2. The fourth-order valence-corrected chi connectivity index (χ4v) is 3.51. The summed E-state index contributed by atoms with van der Waals surface area (Å²) in [4.78, 5) is 12.5. The Morgan fingerprint density at radius 3 is 2.39 bits per heavy atom. The molecule has 0 radical (unpaired) electrons. The number of amides is 1. The molecule has 3 N–H and O–H groups in total. The van der Waals surface area contributed by atoms with E-state index in [1.807, 2.05) is 31.2 Å². The number of carbonyl (C=O) groups excluding carboxylic acids is 1. The van der Waals surface area contributed by atoms with Crippen LogP contribution in [-0.2, 0) is 0 Å². The Kier molecular flexibility index (Phi) is 4.54. The van der Waals surface area contributed by atoms with Crippen molar-refractivity contribution in [2.45, 2.75) is 6.92 Å². The Hall–Kier alpha value is -3.65. The summed E-state index contributed by atoms with van der Waals surface area (Å²) < 4.78 is 1.26. The summed E-state index contributed by atoms with van der Waals surface area (Å²) in [6.07, 6.45) is 0. The minimum atomic E-state index is -0.320. The number of hydrogen-bond acceptors (Lipinski definition) is 6. The van der Waals surface area contributed by atoms with E-state index < -0.39 is 0 Å². The van der Waals surface area contributed by atoms with E-state index in [2.05, 4.69) is 15.5 Å². The number of anilines is 1. The number of aryl methyl sites for hydroxylation is 1. The molecule has 0 fully saturated rings. The van der Waals surface area contributed by atoms with Crippen molar-refractivity contribution in [1.29, 1.82) is 0 Å². The van der Waals surface area contributed by atoms with E-state index in [0.717, 1.165) is 16.1 Å². The fraction of sp³-hybridized carbons (Fsp3) is 0.0500. The molecule has 140 valence electrons.